The van der Waals surface area contributed by atoms with Crippen LogP contribution >= 0.6 is 0 Å². The van der Waals surface area contributed by atoms with Gasteiger partial charge in [0.1, 0.15) is 11.8 Å². The first-order valence-corrected chi connectivity index (χ1v) is 8.76. The van der Waals surface area contributed by atoms with Gasteiger partial charge in [-0.2, -0.15) is 0 Å². The zero-order valence-corrected chi connectivity index (χ0v) is 15.0. The molecule has 0 unspecified atom stereocenters. The third-order valence-corrected chi connectivity index (χ3v) is 4.20. The number of nitrogens with one attached hydrogen (secondary N) is 1. The Balaban J connectivity index is 1.85. The molecular weight excluding hydrogens is 356 g/mol. The van der Waals surface area contributed by atoms with E-state index in [1.54, 1.807) is 36.4 Å². The number of aliphatic carboxylic acids is 1. The summed E-state index contributed by atoms with van der Waals surface area (Å²) in [6.45, 7) is 0. The number of hydrogen-bond acceptors (Lipinski definition) is 3. The first-order valence-electron chi connectivity index (χ1n) is 8.76. The predicted molar refractivity (Wildman–Crippen MR) is 107 cm³/mol. The lowest BCUT2D eigenvalue weighted by Crippen LogP contribution is -2.47. The molecule has 0 radical (unpaired) electrons. The van der Waals surface area contributed by atoms with Crippen LogP contribution in [0.2, 0.25) is 0 Å². The number of rotatable bonds is 6. The molecule has 28 heavy (non-hydrogen) atoms. The fraction of sp³-hybridized carbons (Fsp3) is 0.0909. The van der Waals surface area contributed by atoms with Crippen molar-refractivity contribution < 1.29 is 19.8 Å². The molecule has 6 heteroatoms. The van der Waals surface area contributed by atoms with Gasteiger partial charge in [-0.25, -0.2) is 9.59 Å². The van der Waals surface area contributed by atoms with Gasteiger partial charge in [0.25, 0.3) is 0 Å². The van der Waals surface area contributed by atoms with Gasteiger partial charge in [0, 0.05) is 6.42 Å². The lowest BCUT2D eigenvalue weighted by Gasteiger charge is -2.25. The highest BCUT2D eigenvalue weighted by Gasteiger charge is 2.25. The molecule has 0 aromatic heterocycles. The Bertz CT molecular complexity index is 888. The fourth-order valence-electron chi connectivity index (χ4n) is 2.82. The first-order chi connectivity index (χ1) is 13.5. The van der Waals surface area contributed by atoms with Crippen LogP contribution in [0.3, 0.4) is 0 Å². The molecule has 3 rings (SSSR count). The zero-order valence-electron chi connectivity index (χ0n) is 15.0. The number of benzene rings is 3. The molecule has 0 saturated heterocycles. The van der Waals surface area contributed by atoms with Crippen LogP contribution in [-0.4, -0.2) is 28.3 Å². The maximum absolute atomic E-state index is 13.0. The van der Waals surface area contributed by atoms with E-state index in [1.807, 2.05) is 36.4 Å². The molecule has 0 aliphatic heterocycles. The van der Waals surface area contributed by atoms with Crippen LogP contribution < -0.4 is 10.2 Å². The number of para-hydroxylation sites is 2. The predicted octanol–water partition coefficient (Wildman–Crippen LogP) is 3.94. The highest BCUT2D eigenvalue weighted by molar-refractivity contribution is 6.00. The van der Waals surface area contributed by atoms with Crippen molar-refractivity contribution >= 4 is 23.4 Å². The molecule has 0 bridgehead atoms. The second-order valence-corrected chi connectivity index (χ2v) is 6.22. The van der Waals surface area contributed by atoms with E-state index >= 15 is 0 Å². The van der Waals surface area contributed by atoms with E-state index in [4.69, 9.17) is 0 Å². The number of phenolic OH excluding ortho intramolecular Hbond substituents is 1. The van der Waals surface area contributed by atoms with E-state index in [9.17, 15) is 19.8 Å². The molecule has 6 nitrogen and oxygen atoms in total. The Morgan fingerprint density at radius 3 is 1.79 bits per heavy atom. The molecule has 0 aliphatic carbocycles. The van der Waals surface area contributed by atoms with E-state index in [0.717, 1.165) is 0 Å². The van der Waals surface area contributed by atoms with E-state index in [1.165, 1.54) is 17.0 Å². The number of carbonyl (C=O) groups excluding carboxylic acids is 1. The Labute approximate surface area is 162 Å². The third-order valence-electron chi connectivity index (χ3n) is 4.20. The van der Waals surface area contributed by atoms with Crippen LogP contribution in [0.15, 0.2) is 84.9 Å². The molecule has 0 saturated carbocycles. The van der Waals surface area contributed by atoms with Crippen LogP contribution in [0.5, 0.6) is 5.75 Å². The maximum atomic E-state index is 13.0. The fourth-order valence-corrected chi connectivity index (χ4v) is 2.82. The molecule has 3 N–H and O–H groups in total. The summed E-state index contributed by atoms with van der Waals surface area (Å²) in [6, 6.07) is 22.6. The Kier molecular flexibility index (Phi) is 5.91. The van der Waals surface area contributed by atoms with E-state index in [-0.39, 0.29) is 12.2 Å². The number of aromatic hydroxyl groups is 1. The van der Waals surface area contributed by atoms with Gasteiger partial charge >= 0.3 is 12.0 Å². The quantitative estimate of drug-likeness (QED) is 0.608. The summed E-state index contributed by atoms with van der Waals surface area (Å²) < 4.78 is 0. The molecule has 142 valence electrons. The van der Waals surface area contributed by atoms with E-state index in [0.29, 0.717) is 16.9 Å². The monoisotopic (exact) mass is 376 g/mol. The summed E-state index contributed by atoms with van der Waals surface area (Å²) in [5, 5.41) is 21.6. The number of urea groups is 1. The van der Waals surface area contributed by atoms with Crippen molar-refractivity contribution in [2.75, 3.05) is 4.90 Å². The third kappa shape index (κ3) is 4.67. The molecule has 0 spiro atoms. The minimum Gasteiger partial charge on any atom is -0.508 e. The second kappa shape index (κ2) is 8.73. The maximum Gasteiger partial charge on any atom is 0.327 e. The van der Waals surface area contributed by atoms with Crippen LogP contribution in [0.4, 0.5) is 16.2 Å². The molecule has 0 aliphatic rings. The molecule has 0 fully saturated rings. The summed E-state index contributed by atoms with van der Waals surface area (Å²) in [4.78, 5) is 26.2. The average molecular weight is 376 g/mol. The van der Waals surface area contributed by atoms with Gasteiger partial charge < -0.3 is 15.5 Å². The minimum atomic E-state index is -1.14. The van der Waals surface area contributed by atoms with Gasteiger partial charge in [-0.1, -0.05) is 48.5 Å². The molecular formula is C22H20N2O4. The lowest BCUT2D eigenvalue weighted by molar-refractivity contribution is -0.139. The van der Waals surface area contributed by atoms with E-state index in [2.05, 4.69) is 5.32 Å². The van der Waals surface area contributed by atoms with Gasteiger partial charge in [-0.3, -0.25) is 4.90 Å². The van der Waals surface area contributed by atoms with Gasteiger partial charge in [0.05, 0.1) is 11.4 Å². The number of carboxylic acids is 1. The van der Waals surface area contributed by atoms with Crippen LogP contribution in [0.1, 0.15) is 5.56 Å². The standard InChI is InChI=1S/C22H20N2O4/c25-19-13-11-16(12-14-19)15-20(21(26)27)23-22(28)24(17-7-3-1-4-8-17)18-9-5-2-6-10-18/h1-14,20,25H,15H2,(H,23,28)(H,26,27)/t20-/m1/s1. The first kappa shape index (κ1) is 19.0. The van der Waals surface area contributed by atoms with Crippen LogP contribution in [0.25, 0.3) is 0 Å². The van der Waals surface area contributed by atoms with Gasteiger partial charge in [-0.05, 0) is 42.0 Å². The Morgan fingerprint density at radius 1 is 0.821 bits per heavy atom. The van der Waals surface area contributed by atoms with Gasteiger partial charge in [0.15, 0.2) is 0 Å². The summed E-state index contributed by atoms with van der Waals surface area (Å²) >= 11 is 0. The average Bonchev–Trinajstić information content (AvgIpc) is 2.71. The summed E-state index contributed by atoms with van der Waals surface area (Å²) in [5.41, 5.74) is 1.94. The molecule has 3 aromatic carbocycles. The summed E-state index contributed by atoms with van der Waals surface area (Å²) in [6.07, 6.45) is 0.0960. The summed E-state index contributed by atoms with van der Waals surface area (Å²) in [5.74, 6) is -1.04. The number of hydrogen-bond donors (Lipinski definition) is 3. The second-order valence-electron chi connectivity index (χ2n) is 6.22. The molecule has 2 amide bonds. The number of amides is 2. The zero-order chi connectivity index (χ0) is 19.9. The highest BCUT2D eigenvalue weighted by Crippen LogP contribution is 2.25. The van der Waals surface area contributed by atoms with Crippen LogP contribution in [-0.2, 0) is 11.2 Å². The number of nitrogens with zero attached hydrogens (tertiary/aromatic N) is 1. The van der Waals surface area contributed by atoms with Gasteiger partial charge in [-0.15, -0.1) is 0 Å². The smallest absolute Gasteiger partial charge is 0.327 e. The minimum absolute atomic E-state index is 0.0960. The number of carbonyl (C=O) groups is 2. The Hall–Kier alpha value is -3.80. The number of phenols is 1. The molecule has 1 atom stereocenters. The van der Waals surface area contributed by atoms with Crippen molar-refractivity contribution in [2.45, 2.75) is 12.5 Å². The topological polar surface area (TPSA) is 89.9 Å². The molecule has 0 heterocycles. The largest absolute Gasteiger partial charge is 0.508 e. The van der Waals surface area contributed by atoms with E-state index < -0.39 is 18.0 Å². The van der Waals surface area contributed by atoms with Crippen molar-refractivity contribution in [2.24, 2.45) is 0 Å². The normalized spacial score (nSPS) is 11.4. The van der Waals surface area contributed by atoms with Crippen molar-refractivity contribution in [3.05, 3.63) is 90.5 Å². The van der Waals surface area contributed by atoms with Crippen molar-refractivity contribution in [1.29, 1.82) is 0 Å². The van der Waals surface area contributed by atoms with Crippen molar-refractivity contribution in [3.63, 3.8) is 0 Å². The van der Waals surface area contributed by atoms with Gasteiger partial charge in [0.2, 0.25) is 0 Å². The molecule has 3 aromatic rings. The number of anilines is 2. The highest BCUT2D eigenvalue weighted by atomic mass is 16.4. The van der Waals surface area contributed by atoms with Crippen molar-refractivity contribution in [1.82, 2.24) is 5.32 Å². The van der Waals surface area contributed by atoms with Crippen LogP contribution in [0, 0.1) is 0 Å². The van der Waals surface area contributed by atoms with Crippen molar-refractivity contribution in [3.8, 4) is 5.75 Å². The number of carboxylic acid groups (broad SMARTS) is 1. The SMILES string of the molecule is O=C(O)[C@@H](Cc1ccc(O)cc1)NC(=O)N(c1ccccc1)c1ccccc1. The lowest BCUT2D eigenvalue weighted by atomic mass is 10.1. The summed E-state index contributed by atoms with van der Waals surface area (Å²) in [7, 11) is 0. The Morgan fingerprint density at radius 2 is 1.32 bits per heavy atom.